The minimum atomic E-state index is -3.44. The maximum absolute atomic E-state index is 12.8. The molecule has 0 amide bonds. The zero-order valence-corrected chi connectivity index (χ0v) is 14.5. The van der Waals surface area contributed by atoms with Gasteiger partial charge in [-0.2, -0.15) is 0 Å². The highest BCUT2D eigenvalue weighted by Crippen LogP contribution is 2.37. The van der Waals surface area contributed by atoms with Crippen molar-refractivity contribution in [2.45, 2.75) is 54.6 Å². The van der Waals surface area contributed by atoms with Crippen LogP contribution in [-0.2, 0) is 19.4 Å². The molecule has 6 heteroatoms. The van der Waals surface area contributed by atoms with Crippen LogP contribution in [0.5, 0.6) is 0 Å². The molecule has 1 aromatic carbocycles. The third-order valence-corrected chi connectivity index (χ3v) is 7.63. The number of carboxylic acids is 1. The number of benzene rings is 1. The summed E-state index contributed by atoms with van der Waals surface area (Å²) in [5.74, 6) is -1.46. The van der Waals surface area contributed by atoms with Crippen molar-refractivity contribution in [1.82, 2.24) is 0 Å². The Labute approximate surface area is 142 Å². The molecule has 24 heavy (non-hydrogen) atoms. The number of carbonyl (C=O) groups is 1. The minimum Gasteiger partial charge on any atom is -0.481 e. The molecule has 0 bridgehead atoms. The largest absolute Gasteiger partial charge is 0.481 e. The SMILES string of the molecule is O=C(O)C(CC1CCOCC1)c1ccccc1S(=O)(=O)C1CCC1. The van der Waals surface area contributed by atoms with Gasteiger partial charge in [-0.3, -0.25) is 4.79 Å². The second kappa shape index (κ2) is 7.23. The summed E-state index contributed by atoms with van der Waals surface area (Å²) < 4.78 is 31.0. The Bertz CT molecular complexity index is 687. The Hall–Kier alpha value is -1.40. The molecule has 3 rings (SSSR count). The second-order valence-electron chi connectivity index (χ2n) is 6.82. The molecule has 1 atom stereocenters. The first kappa shape index (κ1) is 17.4. The van der Waals surface area contributed by atoms with Gasteiger partial charge < -0.3 is 9.84 Å². The number of aliphatic carboxylic acids is 1. The van der Waals surface area contributed by atoms with Gasteiger partial charge in [0.2, 0.25) is 0 Å². The van der Waals surface area contributed by atoms with E-state index in [1.54, 1.807) is 24.3 Å². The number of hydrogen-bond acceptors (Lipinski definition) is 4. The molecule has 0 radical (unpaired) electrons. The van der Waals surface area contributed by atoms with Crippen LogP contribution in [-0.4, -0.2) is 38.0 Å². The van der Waals surface area contributed by atoms with Gasteiger partial charge in [0, 0.05) is 13.2 Å². The molecule has 1 saturated heterocycles. The van der Waals surface area contributed by atoms with Crippen LogP contribution >= 0.6 is 0 Å². The third kappa shape index (κ3) is 3.49. The molecule has 1 aliphatic heterocycles. The van der Waals surface area contributed by atoms with Crippen LogP contribution in [0.25, 0.3) is 0 Å². The minimum absolute atomic E-state index is 0.217. The predicted octanol–water partition coefficient (Wildman–Crippen LogP) is 3.00. The molecule has 5 nitrogen and oxygen atoms in total. The third-order valence-electron chi connectivity index (χ3n) is 5.30. The van der Waals surface area contributed by atoms with Crippen molar-refractivity contribution in [3.63, 3.8) is 0 Å². The average molecular weight is 352 g/mol. The van der Waals surface area contributed by atoms with Gasteiger partial charge in [-0.15, -0.1) is 0 Å². The van der Waals surface area contributed by atoms with E-state index in [-0.39, 0.29) is 16.1 Å². The monoisotopic (exact) mass is 352 g/mol. The normalized spacial score (nSPS) is 21.2. The number of hydrogen-bond donors (Lipinski definition) is 1. The number of rotatable bonds is 6. The quantitative estimate of drug-likeness (QED) is 0.851. The van der Waals surface area contributed by atoms with Gasteiger partial charge in [-0.1, -0.05) is 24.6 Å². The molecule has 1 unspecified atom stereocenters. The molecule has 2 aliphatic rings. The maximum atomic E-state index is 12.8. The molecular weight excluding hydrogens is 328 g/mol. The summed E-state index contributed by atoms with van der Waals surface area (Å²) in [4.78, 5) is 12.1. The van der Waals surface area contributed by atoms with E-state index in [4.69, 9.17) is 4.74 Å². The fourth-order valence-electron chi connectivity index (χ4n) is 3.56. The molecule has 2 fully saturated rings. The first-order valence-corrected chi connectivity index (χ1v) is 10.2. The van der Waals surface area contributed by atoms with Crippen molar-refractivity contribution in [3.05, 3.63) is 29.8 Å². The molecule has 1 aliphatic carbocycles. The van der Waals surface area contributed by atoms with E-state index >= 15 is 0 Å². The van der Waals surface area contributed by atoms with Crippen LogP contribution in [0, 0.1) is 5.92 Å². The molecule has 132 valence electrons. The van der Waals surface area contributed by atoms with Crippen LogP contribution < -0.4 is 0 Å². The van der Waals surface area contributed by atoms with Gasteiger partial charge in [0.15, 0.2) is 9.84 Å². The standard InChI is InChI=1S/C18H24O5S/c19-18(20)16(12-13-8-10-23-11-9-13)15-6-1-2-7-17(15)24(21,22)14-4-3-5-14/h1-2,6-7,13-14,16H,3-5,8-12H2,(H,19,20). The van der Waals surface area contributed by atoms with E-state index in [1.807, 2.05) is 0 Å². The van der Waals surface area contributed by atoms with E-state index in [0.29, 0.717) is 38.0 Å². The van der Waals surface area contributed by atoms with Crippen molar-refractivity contribution in [2.75, 3.05) is 13.2 Å². The van der Waals surface area contributed by atoms with Gasteiger partial charge in [0.05, 0.1) is 16.1 Å². The number of ether oxygens (including phenoxy) is 1. The zero-order valence-electron chi connectivity index (χ0n) is 13.7. The van der Waals surface area contributed by atoms with Crippen LogP contribution in [0.4, 0.5) is 0 Å². The van der Waals surface area contributed by atoms with Crippen LogP contribution in [0.2, 0.25) is 0 Å². The first-order chi connectivity index (χ1) is 11.5. The van der Waals surface area contributed by atoms with Crippen LogP contribution in [0.1, 0.15) is 50.0 Å². The average Bonchev–Trinajstić information content (AvgIpc) is 2.51. The molecule has 0 spiro atoms. The summed E-state index contributed by atoms with van der Waals surface area (Å²) >= 11 is 0. The summed E-state index contributed by atoms with van der Waals surface area (Å²) in [5.41, 5.74) is 0.448. The van der Waals surface area contributed by atoms with Crippen molar-refractivity contribution in [1.29, 1.82) is 0 Å². The van der Waals surface area contributed by atoms with E-state index < -0.39 is 21.7 Å². The Balaban J connectivity index is 1.91. The smallest absolute Gasteiger partial charge is 0.311 e. The maximum Gasteiger partial charge on any atom is 0.311 e. The zero-order chi connectivity index (χ0) is 17.2. The molecule has 1 saturated carbocycles. The lowest BCUT2D eigenvalue weighted by Gasteiger charge is -2.29. The number of carboxylic acid groups (broad SMARTS) is 1. The van der Waals surface area contributed by atoms with Crippen molar-refractivity contribution < 1.29 is 23.1 Å². The van der Waals surface area contributed by atoms with Gasteiger partial charge in [0.1, 0.15) is 0 Å². The molecule has 0 aromatic heterocycles. The van der Waals surface area contributed by atoms with Gasteiger partial charge in [-0.25, -0.2) is 8.42 Å². The summed E-state index contributed by atoms with van der Waals surface area (Å²) in [5, 5.41) is 9.38. The van der Waals surface area contributed by atoms with E-state index in [0.717, 1.165) is 19.3 Å². The topological polar surface area (TPSA) is 80.7 Å². The summed E-state index contributed by atoms with van der Waals surface area (Å²) in [7, 11) is -3.44. The lowest BCUT2D eigenvalue weighted by molar-refractivity contribution is -0.139. The van der Waals surface area contributed by atoms with E-state index in [1.165, 1.54) is 0 Å². The van der Waals surface area contributed by atoms with Gasteiger partial charge in [-0.05, 0) is 49.7 Å². The van der Waals surface area contributed by atoms with Gasteiger partial charge >= 0.3 is 5.97 Å². The number of sulfone groups is 1. The van der Waals surface area contributed by atoms with E-state index in [2.05, 4.69) is 0 Å². The second-order valence-corrected chi connectivity index (χ2v) is 9.01. The Morgan fingerprint density at radius 3 is 2.42 bits per heavy atom. The van der Waals surface area contributed by atoms with E-state index in [9.17, 15) is 18.3 Å². The van der Waals surface area contributed by atoms with Gasteiger partial charge in [0.25, 0.3) is 0 Å². The van der Waals surface area contributed by atoms with Crippen molar-refractivity contribution in [2.24, 2.45) is 5.92 Å². The molecule has 1 N–H and O–H groups in total. The summed E-state index contributed by atoms with van der Waals surface area (Å²) in [6, 6.07) is 6.66. The first-order valence-electron chi connectivity index (χ1n) is 8.63. The highest BCUT2D eigenvalue weighted by atomic mass is 32.2. The Morgan fingerprint density at radius 1 is 1.17 bits per heavy atom. The van der Waals surface area contributed by atoms with Crippen LogP contribution in [0.15, 0.2) is 29.2 Å². The lowest BCUT2D eigenvalue weighted by atomic mass is 9.85. The highest BCUT2D eigenvalue weighted by molar-refractivity contribution is 7.92. The lowest BCUT2D eigenvalue weighted by Crippen LogP contribution is -2.30. The fraction of sp³-hybridized carbons (Fsp3) is 0.611. The molecular formula is C18H24O5S. The Kier molecular flexibility index (Phi) is 5.25. The Morgan fingerprint density at radius 2 is 1.83 bits per heavy atom. The van der Waals surface area contributed by atoms with Crippen LogP contribution in [0.3, 0.4) is 0 Å². The molecule has 1 heterocycles. The fourth-order valence-corrected chi connectivity index (χ4v) is 5.68. The predicted molar refractivity (Wildman–Crippen MR) is 89.8 cm³/mol. The summed E-state index contributed by atoms with van der Waals surface area (Å²) in [6.45, 7) is 1.30. The summed E-state index contributed by atoms with van der Waals surface area (Å²) in [6.07, 6.45) is 4.41. The van der Waals surface area contributed by atoms with Crippen molar-refractivity contribution >= 4 is 15.8 Å². The highest BCUT2D eigenvalue weighted by Gasteiger charge is 2.37. The molecule has 1 aromatic rings. The van der Waals surface area contributed by atoms with Crippen molar-refractivity contribution in [3.8, 4) is 0 Å².